The van der Waals surface area contributed by atoms with Gasteiger partial charge in [-0.05, 0) is 61.0 Å². The van der Waals surface area contributed by atoms with Crippen LogP contribution in [-0.2, 0) is 21.4 Å². The van der Waals surface area contributed by atoms with E-state index in [1.807, 2.05) is 19.1 Å². The molecular weight excluding hydrogens is 433 g/mol. The quantitative estimate of drug-likeness (QED) is 0.451. The molecule has 0 aliphatic rings. The fraction of sp³-hybridized carbons (Fsp3) is 0.208. The lowest BCUT2D eigenvalue weighted by Gasteiger charge is -2.23. The zero-order chi connectivity index (χ0) is 23.1. The Balaban J connectivity index is 1.72. The van der Waals surface area contributed by atoms with Crippen molar-refractivity contribution in [3.8, 4) is 5.75 Å². The van der Waals surface area contributed by atoms with Crippen LogP contribution in [-0.4, -0.2) is 39.5 Å². The molecule has 168 valence electrons. The van der Waals surface area contributed by atoms with Gasteiger partial charge in [0, 0.05) is 25.8 Å². The second kappa shape index (κ2) is 10.4. The van der Waals surface area contributed by atoms with E-state index in [0.717, 1.165) is 35.4 Å². The van der Waals surface area contributed by atoms with Gasteiger partial charge >= 0.3 is 10.1 Å². The van der Waals surface area contributed by atoms with Crippen LogP contribution in [0.1, 0.15) is 21.5 Å². The van der Waals surface area contributed by atoms with Crippen LogP contribution in [0.4, 0.5) is 4.39 Å². The first-order valence-electron chi connectivity index (χ1n) is 9.92. The van der Waals surface area contributed by atoms with Gasteiger partial charge in [0.25, 0.3) is 5.91 Å². The van der Waals surface area contributed by atoms with Crippen molar-refractivity contribution in [1.29, 1.82) is 0 Å². The molecule has 0 aromatic heterocycles. The summed E-state index contributed by atoms with van der Waals surface area (Å²) in [6.07, 6.45) is 0. The van der Waals surface area contributed by atoms with E-state index in [2.05, 4.69) is 0 Å². The predicted molar refractivity (Wildman–Crippen MR) is 118 cm³/mol. The number of aryl methyl sites for hydroxylation is 1. The molecule has 32 heavy (non-hydrogen) atoms. The number of nitrogens with zero attached hydrogens (tertiary/aromatic N) is 1. The van der Waals surface area contributed by atoms with Crippen LogP contribution in [0.3, 0.4) is 0 Å². The predicted octanol–water partition coefficient (Wildman–Crippen LogP) is 4.19. The molecule has 0 aliphatic carbocycles. The number of benzene rings is 3. The summed E-state index contributed by atoms with van der Waals surface area (Å²) in [7, 11) is -2.51. The Hall–Kier alpha value is -3.23. The molecule has 1 amide bonds. The minimum Gasteiger partial charge on any atom is -0.383 e. The molecule has 0 aliphatic heterocycles. The highest BCUT2D eigenvalue weighted by Gasteiger charge is 2.18. The van der Waals surface area contributed by atoms with Crippen LogP contribution in [0.5, 0.6) is 5.75 Å². The van der Waals surface area contributed by atoms with Gasteiger partial charge in [-0.15, -0.1) is 0 Å². The largest absolute Gasteiger partial charge is 0.383 e. The Labute approximate surface area is 187 Å². The summed E-state index contributed by atoms with van der Waals surface area (Å²) in [5.74, 6) is -0.542. The minimum absolute atomic E-state index is 0.117. The minimum atomic E-state index is -4.08. The number of rotatable bonds is 9. The lowest BCUT2D eigenvalue weighted by Crippen LogP contribution is -2.33. The van der Waals surface area contributed by atoms with Crippen LogP contribution in [0.2, 0.25) is 0 Å². The number of carbonyl (C=O) groups is 1. The van der Waals surface area contributed by atoms with Crippen molar-refractivity contribution in [3.05, 3.63) is 95.3 Å². The zero-order valence-electron chi connectivity index (χ0n) is 17.8. The summed E-state index contributed by atoms with van der Waals surface area (Å²) < 4.78 is 48.0. The Morgan fingerprint density at radius 1 is 0.938 bits per heavy atom. The van der Waals surface area contributed by atoms with Crippen molar-refractivity contribution in [1.82, 2.24) is 4.90 Å². The topological polar surface area (TPSA) is 72.9 Å². The lowest BCUT2D eigenvalue weighted by atomic mass is 10.1. The summed E-state index contributed by atoms with van der Waals surface area (Å²) >= 11 is 0. The van der Waals surface area contributed by atoms with E-state index in [1.54, 1.807) is 36.3 Å². The Morgan fingerprint density at radius 3 is 2.16 bits per heavy atom. The van der Waals surface area contributed by atoms with Crippen molar-refractivity contribution in [3.63, 3.8) is 0 Å². The maximum absolute atomic E-state index is 13.0. The number of carbonyl (C=O) groups excluding carboxylic acids is 1. The fourth-order valence-corrected chi connectivity index (χ4v) is 3.91. The summed E-state index contributed by atoms with van der Waals surface area (Å²) in [4.78, 5) is 14.5. The second-order valence-electron chi connectivity index (χ2n) is 7.22. The van der Waals surface area contributed by atoms with Gasteiger partial charge in [0.1, 0.15) is 16.5 Å². The molecule has 0 unspecified atom stereocenters. The van der Waals surface area contributed by atoms with Crippen LogP contribution >= 0.6 is 0 Å². The summed E-state index contributed by atoms with van der Waals surface area (Å²) in [6.45, 7) is 3.06. The summed E-state index contributed by atoms with van der Waals surface area (Å²) in [5.41, 5.74) is 2.45. The number of ether oxygens (including phenoxy) is 1. The van der Waals surface area contributed by atoms with E-state index >= 15 is 0 Å². The molecule has 0 heterocycles. The number of methoxy groups -OCH3 is 1. The van der Waals surface area contributed by atoms with Gasteiger partial charge in [-0.3, -0.25) is 4.79 Å². The lowest BCUT2D eigenvalue weighted by molar-refractivity contribution is 0.0680. The average Bonchev–Trinajstić information content (AvgIpc) is 2.78. The molecule has 6 nitrogen and oxygen atoms in total. The van der Waals surface area contributed by atoms with Crippen molar-refractivity contribution >= 4 is 16.0 Å². The standard InChI is InChI=1S/C24H24FNO5S/c1-18-3-7-20(8-4-18)24(27)26(15-16-30-2)17-19-5-11-22(12-6-19)31-32(28,29)23-13-9-21(25)10-14-23/h3-14H,15-17H2,1-2H3. The highest BCUT2D eigenvalue weighted by atomic mass is 32.2. The highest BCUT2D eigenvalue weighted by molar-refractivity contribution is 7.87. The number of hydrogen-bond acceptors (Lipinski definition) is 5. The van der Waals surface area contributed by atoms with Gasteiger partial charge in [0.2, 0.25) is 0 Å². The van der Waals surface area contributed by atoms with E-state index in [1.165, 1.54) is 12.1 Å². The van der Waals surface area contributed by atoms with E-state index in [4.69, 9.17) is 8.92 Å². The van der Waals surface area contributed by atoms with Crippen LogP contribution in [0.25, 0.3) is 0 Å². The molecule has 0 atom stereocenters. The molecule has 0 saturated heterocycles. The molecule has 8 heteroatoms. The Bertz CT molecular complexity index is 1140. The van der Waals surface area contributed by atoms with Gasteiger partial charge in [-0.25, -0.2) is 4.39 Å². The molecule has 0 spiro atoms. The van der Waals surface area contributed by atoms with Crippen LogP contribution in [0.15, 0.2) is 77.7 Å². The molecule has 0 radical (unpaired) electrons. The number of amides is 1. The third kappa shape index (κ3) is 6.15. The van der Waals surface area contributed by atoms with Crippen molar-refractivity contribution in [2.75, 3.05) is 20.3 Å². The van der Waals surface area contributed by atoms with Gasteiger partial charge in [-0.2, -0.15) is 8.42 Å². The van der Waals surface area contributed by atoms with Crippen LogP contribution < -0.4 is 4.18 Å². The average molecular weight is 458 g/mol. The van der Waals surface area contributed by atoms with Crippen molar-refractivity contribution < 1.29 is 26.5 Å². The van der Waals surface area contributed by atoms with Crippen molar-refractivity contribution in [2.45, 2.75) is 18.4 Å². The normalized spacial score (nSPS) is 11.2. The Morgan fingerprint density at radius 2 is 1.56 bits per heavy atom. The van der Waals surface area contributed by atoms with Gasteiger partial charge in [0.15, 0.2) is 0 Å². The molecule has 3 aromatic carbocycles. The summed E-state index contributed by atoms with van der Waals surface area (Å²) in [5, 5.41) is 0. The second-order valence-corrected chi connectivity index (χ2v) is 8.77. The SMILES string of the molecule is COCCN(Cc1ccc(OS(=O)(=O)c2ccc(F)cc2)cc1)C(=O)c1ccc(C)cc1. The fourth-order valence-electron chi connectivity index (χ4n) is 2.98. The van der Waals surface area contributed by atoms with Crippen LogP contribution in [0, 0.1) is 12.7 Å². The molecule has 0 N–H and O–H groups in total. The molecule has 0 saturated carbocycles. The highest BCUT2D eigenvalue weighted by Crippen LogP contribution is 2.20. The van der Waals surface area contributed by atoms with Gasteiger partial charge in [-0.1, -0.05) is 29.8 Å². The molecular formula is C24H24FNO5S. The monoisotopic (exact) mass is 457 g/mol. The first-order valence-corrected chi connectivity index (χ1v) is 11.3. The van der Waals surface area contributed by atoms with Crippen molar-refractivity contribution in [2.24, 2.45) is 0 Å². The van der Waals surface area contributed by atoms with E-state index in [9.17, 15) is 17.6 Å². The molecule has 3 rings (SSSR count). The number of hydrogen-bond donors (Lipinski definition) is 0. The molecule has 0 fully saturated rings. The molecule has 3 aromatic rings. The van der Waals surface area contributed by atoms with Gasteiger partial charge in [0.05, 0.1) is 6.61 Å². The molecule has 0 bridgehead atoms. The first-order chi connectivity index (χ1) is 15.3. The third-order valence-electron chi connectivity index (χ3n) is 4.76. The number of halogens is 1. The Kier molecular flexibility index (Phi) is 7.61. The van der Waals surface area contributed by atoms with E-state index in [-0.39, 0.29) is 16.6 Å². The maximum Gasteiger partial charge on any atom is 0.339 e. The maximum atomic E-state index is 13.0. The van der Waals surface area contributed by atoms with E-state index in [0.29, 0.717) is 25.3 Å². The first kappa shape index (κ1) is 23.4. The third-order valence-corrected chi connectivity index (χ3v) is 6.02. The smallest absolute Gasteiger partial charge is 0.339 e. The zero-order valence-corrected chi connectivity index (χ0v) is 18.6. The van der Waals surface area contributed by atoms with Gasteiger partial charge < -0.3 is 13.8 Å². The summed E-state index contributed by atoms with van der Waals surface area (Å²) in [6, 6.07) is 18.1. The van der Waals surface area contributed by atoms with E-state index < -0.39 is 15.9 Å².